The number of aromatic nitrogens is 1. The van der Waals surface area contributed by atoms with Crippen molar-refractivity contribution in [2.24, 2.45) is 0 Å². The number of nitrogens with one attached hydrogen (secondary N) is 1. The van der Waals surface area contributed by atoms with Crippen LogP contribution < -0.4 is 5.32 Å². The summed E-state index contributed by atoms with van der Waals surface area (Å²) >= 11 is 0. The molecule has 0 bridgehead atoms. The zero-order valence-corrected chi connectivity index (χ0v) is 21.8. The van der Waals surface area contributed by atoms with Gasteiger partial charge in [-0.25, -0.2) is 0 Å². The normalized spacial score (nSPS) is 23.0. The topological polar surface area (TPSA) is 54.5 Å². The Morgan fingerprint density at radius 2 is 1.86 bits per heavy atom. The molecule has 0 radical (unpaired) electrons. The minimum atomic E-state index is -4.36. The molecule has 1 spiro atoms. The molecule has 0 saturated carbocycles. The van der Waals surface area contributed by atoms with Crippen molar-refractivity contribution in [1.82, 2.24) is 15.2 Å². The maximum absolute atomic E-state index is 13.2. The Kier molecular flexibility index (Phi) is 7.14. The van der Waals surface area contributed by atoms with E-state index in [0.29, 0.717) is 25.4 Å². The maximum atomic E-state index is 13.2. The molecule has 0 unspecified atom stereocenters. The molecular formula is C26H34F3N3O2Si. The standard InChI is InChI=1S/C26H34F3N3O2Si/c1-18-15-20(19-5-7-21(8-6-19)26(27,28)29)16-23(30-18)22-9-10-25(31-22)11-12-32(24(25)33)17-34-13-14-35(2,3)4/h5-8,15-16,22,31H,9-14,17H2,1-4H3/t22-,25-/m0/s1. The zero-order chi connectivity index (χ0) is 25.4. The summed E-state index contributed by atoms with van der Waals surface area (Å²) in [7, 11) is -1.17. The fraction of sp³-hybridized carbons (Fsp3) is 0.538. The van der Waals surface area contributed by atoms with Crippen LogP contribution in [0.1, 0.15) is 42.3 Å². The fourth-order valence-electron chi connectivity index (χ4n) is 4.86. The van der Waals surface area contributed by atoms with E-state index in [9.17, 15) is 18.0 Å². The number of amides is 1. The van der Waals surface area contributed by atoms with Crippen LogP contribution in [0.4, 0.5) is 13.2 Å². The van der Waals surface area contributed by atoms with Crippen LogP contribution in [0.25, 0.3) is 11.1 Å². The highest BCUT2D eigenvalue weighted by molar-refractivity contribution is 6.76. The van der Waals surface area contributed by atoms with Crippen molar-refractivity contribution in [2.75, 3.05) is 19.9 Å². The molecule has 9 heteroatoms. The summed E-state index contributed by atoms with van der Waals surface area (Å²) in [6.45, 7) is 10.5. The number of hydrogen-bond donors (Lipinski definition) is 1. The first-order valence-electron chi connectivity index (χ1n) is 12.2. The number of carbonyl (C=O) groups is 1. The Morgan fingerprint density at radius 3 is 2.51 bits per heavy atom. The molecular weight excluding hydrogens is 471 g/mol. The average molecular weight is 506 g/mol. The largest absolute Gasteiger partial charge is 0.416 e. The lowest BCUT2D eigenvalue weighted by molar-refractivity contribution is -0.138. The summed E-state index contributed by atoms with van der Waals surface area (Å²) in [6.07, 6.45) is -2.12. The van der Waals surface area contributed by atoms with Gasteiger partial charge >= 0.3 is 6.18 Å². The molecule has 3 heterocycles. The van der Waals surface area contributed by atoms with E-state index in [1.807, 2.05) is 19.1 Å². The lowest BCUT2D eigenvalue weighted by atomic mass is 9.96. The third-order valence-electron chi connectivity index (χ3n) is 6.93. The van der Waals surface area contributed by atoms with Gasteiger partial charge < -0.3 is 9.64 Å². The Labute approximate surface area is 206 Å². The third-order valence-corrected chi connectivity index (χ3v) is 8.64. The van der Waals surface area contributed by atoms with Gasteiger partial charge in [-0.15, -0.1) is 0 Å². The number of nitrogens with zero attached hydrogens (tertiary/aromatic N) is 2. The monoisotopic (exact) mass is 505 g/mol. The fourth-order valence-corrected chi connectivity index (χ4v) is 5.62. The maximum Gasteiger partial charge on any atom is 0.416 e. The van der Waals surface area contributed by atoms with Crippen LogP contribution in [0.2, 0.25) is 25.7 Å². The minimum absolute atomic E-state index is 0.0835. The molecule has 1 amide bonds. The van der Waals surface area contributed by atoms with Crippen LogP contribution in [0.15, 0.2) is 36.4 Å². The second kappa shape index (κ2) is 9.67. The highest BCUT2D eigenvalue weighted by Gasteiger charge is 2.51. The molecule has 1 N–H and O–H groups in total. The number of aryl methyl sites for hydroxylation is 1. The SMILES string of the molecule is Cc1cc(-c2ccc(C(F)(F)F)cc2)cc([C@@H]2CC[C@@]3(CCN(COCC[Si](C)(C)C)C3=O)N2)n1. The van der Waals surface area contributed by atoms with Crippen molar-refractivity contribution in [3.05, 3.63) is 53.3 Å². The van der Waals surface area contributed by atoms with Crippen molar-refractivity contribution in [3.8, 4) is 11.1 Å². The molecule has 2 aliphatic rings. The molecule has 2 aliphatic heterocycles. The summed E-state index contributed by atoms with van der Waals surface area (Å²) < 4.78 is 44.6. The van der Waals surface area contributed by atoms with Crippen LogP contribution >= 0.6 is 0 Å². The summed E-state index contributed by atoms with van der Waals surface area (Å²) in [5, 5.41) is 3.56. The summed E-state index contributed by atoms with van der Waals surface area (Å²) in [5.74, 6) is 0.0867. The van der Waals surface area contributed by atoms with E-state index in [4.69, 9.17) is 9.72 Å². The average Bonchev–Trinajstić information content (AvgIpc) is 3.34. The van der Waals surface area contributed by atoms with Crippen molar-refractivity contribution in [1.29, 1.82) is 0 Å². The van der Waals surface area contributed by atoms with Crippen LogP contribution in [-0.2, 0) is 15.7 Å². The smallest absolute Gasteiger partial charge is 0.361 e. The molecule has 2 aromatic rings. The van der Waals surface area contributed by atoms with Gasteiger partial charge in [0.05, 0.1) is 17.3 Å². The number of halogens is 3. The van der Waals surface area contributed by atoms with E-state index >= 15 is 0 Å². The van der Waals surface area contributed by atoms with Gasteiger partial charge in [0.1, 0.15) is 12.3 Å². The number of pyridine rings is 1. The molecule has 1 aromatic carbocycles. The van der Waals surface area contributed by atoms with Crippen LogP contribution in [0.3, 0.4) is 0 Å². The van der Waals surface area contributed by atoms with E-state index in [-0.39, 0.29) is 11.9 Å². The van der Waals surface area contributed by atoms with Gasteiger partial charge in [0.15, 0.2) is 0 Å². The highest BCUT2D eigenvalue weighted by Crippen LogP contribution is 2.40. The van der Waals surface area contributed by atoms with Crippen molar-refractivity contribution in [2.45, 2.75) is 69.6 Å². The predicted octanol–water partition coefficient (Wildman–Crippen LogP) is 5.78. The van der Waals surface area contributed by atoms with Gasteiger partial charge in [0.2, 0.25) is 5.91 Å². The molecule has 2 fully saturated rings. The number of likely N-dealkylation sites (tertiary alicyclic amines) is 1. The molecule has 5 nitrogen and oxygen atoms in total. The summed E-state index contributed by atoms with van der Waals surface area (Å²) in [6, 6.07) is 9.97. The Morgan fingerprint density at radius 1 is 1.14 bits per heavy atom. The number of ether oxygens (including phenoxy) is 1. The second-order valence-electron chi connectivity index (χ2n) is 11.0. The van der Waals surface area contributed by atoms with E-state index in [1.54, 1.807) is 4.90 Å². The van der Waals surface area contributed by atoms with Crippen LogP contribution in [0, 0.1) is 6.92 Å². The van der Waals surface area contributed by atoms with Crippen molar-refractivity contribution >= 4 is 14.0 Å². The Balaban J connectivity index is 1.43. The van der Waals surface area contributed by atoms with Crippen LogP contribution in [-0.4, -0.2) is 49.3 Å². The number of carbonyl (C=O) groups excluding carboxylic acids is 1. The highest BCUT2D eigenvalue weighted by atomic mass is 28.3. The van der Waals surface area contributed by atoms with Gasteiger partial charge in [-0.1, -0.05) is 31.8 Å². The summed E-state index contributed by atoms with van der Waals surface area (Å²) in [5.41, 5.74) is 1.87. The quantitative estimate of drug-likeness (QED) is 0.383. The molecule has 1 aromatic heterocycles. The molecule has 2 atom stereocenters. The first-order valence-corrected chi connectivity index (χ1v) is 15.9. The Bertz CT molecular complexity index is 1070. The first-order chi connectivity index (χ1) is 16.4. The van der Waals surface area contributed by atoms with Crippen LogP contribution in [0.5, 0.6) is 0 Å². The van der Waals surface area contributed by atoms with E-state index in [2.05, 4.69) is 25.0 Å². The lowest BCUT2D eigenvalue weighted by Gasteiger charge is -2.25. The molecule has 190 valence electrons. The van der Waals surface area contributed by atoms with Gasteiger partial charge in [-0.3, -0.25) is 15.1 Å². The van der Waals surface area contributed by atoms with Crippen molar-refractivity contribution < 1.29 is 22.7 Å². The predicted molar refractivity (Wildman–Crippen MR) is 133 cm³/mol. The molecule has 35 heavy (non-hydrogen) atoms. The Hall–Kier alpha value is -2.23. The molecule has 4 rings (SSSR count). The van der Waals surface area contributed by atoms with Crippen molar-refractivity contribution in [3.63, 3.8) is 0 Å². The summed E-state index contributed by atoms with van der Waals surface area (Å²) in [4.78, 5) is 19.7. The number of alkyl halides is 3. The lowest BCUT2D eigenvalue weighted by Crippen LogP contribution is -2.48. The number of hydrogen-bond acceptors (Lipinski definition) is 4. The first kappa shape index (κ1) is 25.8. The van der Waals surface area contributed by atoms with Gasteiger partial charge in [-0.2, -0.15) is 13.2 Å². The molecule has 2 saturated heterocycles. The van der Waals surface area contributed by atoms with E-state index in [0.717, 1.165) is 54.4 Å². The van der Waals surface area contributed by atoms with E-state index < -0.39 is 25.4 Å². The number of benzene rings is 1. The number of rotatable bonds is 7. The third kappa shape index (κ3) is 5.95. The van der Waals surface area contributed by atoms with Gasteiger partial charge in [0.25, 0.3) is 0 Å². The van der Waals surface area contributed by atoms with E-state index in [1.165, 1.54) is 12.1 Å². The minimum Gasteiger partial charge on any atom is -0.361 e. The zero-order valence-electron chi connectivity index (χ0n) is 20.8. The van der Waals surface area contributed by atoms with Gasteiger partial charge in [0, 0.05) is 26.9 Å². The second-order valence-corrected chi connectivity index (χ2v) is 16.6. The molecule has 0 aliphatic carbocycles. The van der Waals surface area contributed by atoms with Gasteiger partial charge in [-0.05, 0) is 67.6 Å².